The van der Waals surface area contributed by atoms with Gasteiger partial charge in [0.25, 0.3) is 5.56 Å². The Kier molecular flexibility index (Phi) is 4.57. The van der Waals surface area contributed by atoms with E-state index in [0.29, 0.717) is 12.1 Å². The number of aromatic nitrogens is 1. The highest BCUT2D eigenvalue weighted by atomic mass is 16.4. The Morgan fingerprint density at radius 3 is 2.08 bits per heavy atom. The van der Waals surface area contributed by atoms with E-state index in [1.54, 1.807) is 6.07 Å². The Hall–Kier alpha value is -3.14. The predicted octanol–water partition coefficient (Wildman–Crippen LogP) is 3.25. The smallest absolute Gasteiger partial charge is 0.341 e. The number of carboxylic acids is 1. The van der Waals surface area contributed by atoms with E-state index in [1.165, 1.54) is 17.2 Å². The number of aromatic amines is 1. The maximum Gasteiger partial charge on any atom is 0.341 e. The Balaban J connectivity index is 1.87. The standard InChI is InChI=1S/C20H17NO3/c22-19-18(20(23)24)11-10-17(21-19)13-16-9-5-4-8-15(16)12-14-6-2-1-3-7-14/h1-11H,12-13H2,(H,21,22)(H,23,24). The number of nitrogens with one attached hydrogen (secondary N) is 1. The lowest BCUT2D eigenvalue weighted by atomic mass is 9.97. The summed E-state index contributed by atoms with van der Waals surface area (Å²) in [6.45, 7) is 0. The normalized spacial score (nSPS) is 10.5. The van der Waals surface area contributed by atoms with E-state index in [-0.39, 0.29) is 5.56 Å². The van der Waals surface area contributed by atoms with Crippen LogP contribution >= 0.6 is 0 Å². The van der Waals surface area contributed by atoms with E-state index < -0.39 is 11.5 Å². The maximum absolute atomic E-state index is 11.8. The van der Waals surface area contributed by atoms with Crippen LogP contribution < -0.4 is 5.56 Å². The second-order valence-electron chi connectivity index (χ2n) is 5.64. The molecule has 0 aliphatic rings. The molecule has 3 rings (SSSR count). The van der Waals surface area contributed by atoms with Crippen molar-refractivity contribution in [1.29, 1.82) is 0 Å². The summed E-state index contributed by atoms with van der Waals surface area (Å²) >= 11 is 0. The first kappa shape index (κ1) is 15.7. The van der Waals surface area contributed by atoms with Gasteiger partial charge in [0.1, 0.15) is 5.56 Å². The zero-order valence-corrected chi connectivity index (χ0v) is 13.0. The average molecular weight is 319 g/mol. The van der Waals surface area contributed by atoms with Crippen LogP contribution in [0, 0.1) is 0 Å². The van der Waals surface area contributed by atoms with Crippen LogP contribution in [0.15, 0.2) is 71.5 Å². The molecule has 4 heteroatoms. The topological polar surface area (TPSA) is 70.2 Å². The summed E-state index contributed by atoms with van der Waals surface area (Å²) in [6.07, 6.45) is 1.37. The van der Waals surface area contributed by atoms with Crippen LogP contribution in [-0.2, 0) is 12.8 Å². The summed E-state index contributed by atoms with van der Waals surface area (Å²) in [5.74, 6) is -1.22. The minimum atomic E-state index is -1.22. The summed E-state index contributed by atoms with van der Waals surface area (Å²) in [7, 11) is 0. The molecule has 3 aromatic rings. The number of rotatable bonds is 5. The Morgan fingerprint density at radius 2 is 1.46 bits per heavy atom. The van der Waals surface area contributed by atoms with Gasteiger partial charge in [0.15, 0.2) is 0 Å². The molecule has 0 fully saturated rings. The predicted molar refractivity (Wildman–Crippen MR) is 92.5 cm³/mol. The molecule has 0 atom stereocenters. The number of H-pyrrole nitrogens is 1. The van der Waals surface area contributed by atoms with Gasteiger partial charge >= 0.3 is 5.97 Å². The molecule has 0 unspecified atom stereocenters. The molecule has 2 aromatic carbocycles. The minimum Gasteiger partial charge on any atom is -0.477 e. The largest absolute Gasteiger partial charge is 0.477 e. The molecule has 0 aliphatic heterocycles. The number of carbonyl (C=O) groups is 1. The zero-order valence-electron chi connectivity index (χ0n) is 13.0. The van der Waals surface area contributed by atoms with Gasteiger partial charge in [-0.3, -0.25) is 4.79 Å². The molecule has 0 amide bonds. The summed E-state index contributed by atoms with van der Waals surface area (Å²) in [5, 5.41) is 8.93. The van der Waals surface area contributed by atoms with Crippen LogP contribution in [0.25, 0.3) is 0 Å². The van der Waals surface area contributed by atoms with Crippen molar-refractivity contribution < 1.29 is 9.90 Å². The van der Waals surface area contributed by atoms with Crippen LogP contribution in [-0.4, -0.2) is 16.1 Å². The first-order chi connectivity index (χ1) is 11.6. The lowest BCUT2D eigenvalue weighted by molar-refractivity contribution is 0.0695. The monoisotopic (exact) mass is 319 g/mol. The van der Waals surface area contributed by atoms with E-state index in [4.69, 9.17) is 5.11 Å². The fourth-order valence-corrected chi connectivity index (χ4v) is 2.71. The third-order valence-electron chi connectivity index (χ3n) is 3.94. The highest BCUT2D eigenvalue weighted by molar-refractivity contribution is 5.87. The Morgan fingerprint density at radius 1 is 0.833 bits per heavy atom. The Labute approximate surface area is 139 Å². The highest BCUT2D eigenvalue weighted by Crippen LogP contribution is 2.17. The zero-order chi connectivity index (χ0) is 16.9. The van der Waals surface area contributed by atoms with Crippen LogP contribution in [0.4, 0.5) is 0 Å². The van der Waals surface area contributed by atoms with Gasteiger partial charge in [-0.15, -0.1) is 0 Å². The van der Waals surface area contributed by atoms with Crippen molar-refractivity contribution in [3.8, 4) is 0 Å². The van der Waals surface area contributed by atoms with Gasteiger partial charge in [-0.2, -0.15) is 0 Å². The van der Waals surface area contributed by atoms with E-state index in [2.05, 4.69) is 23.2 Å². The summed E-state index contributed by atoms with van der Waals surface area (Å²) in [5.41, 5.74) is 3.41. The van der Waals surface area contributed by atoms with Crippen molar-refractivity contribution in [2.24, 2.45) is 0 Å². The lowest BCUT2D eigenvalue weighted by Gasteiger charge is -2.10. The highest BCUT2D eigenvalue weighted by Gasteiger charge is 2.10. The van der Waals surface area contributed by atoms with Crippen LogP contribution in [0.2, 0.25) is 0 Å². The minimum absolute atomic E-state index is 0.240. The molecule has 1 heterocycles. The number of pyridine rings is 1. The first-order valence-corrected chi connectivity index (χ1v) is 7.69. The number of hydrogen-bond acceptors (Lipinski definition) is 2. The van der Waals surface area contributed by atoms with Gasteiger partial charge in [0, 0.05) is 12.1 Å². The third-order valence-corrected chi connectivity index (χ3v) is 3.94. The molecule has 4 nitrogen and oxygen atoms in total. The van der Waals surface area contributed by atoms with E-state index in [1.807, 2.05) is 36.4 Å². The van der Waals surface area contributed by atoms with Crippen LogP contribution in [0.1, 0.15) is 32.7 Å². The van der Waals surface area contributed by atoms with Gasteiger partial charge < -0.3 is 10.1 Å². The summed E-state index contributed by atoms with van der Waals surface area (Å²) in [6, 6.07) is 21.3. The Bertz CT molecular complexity index is 913. The van der Waals surface area contributed by atoms with Gasteiger partial charge in [0.2, 0.25) is 0 Å². The molecule has 0 saturated heterocycles. The summed E-state index contributed by atoms with van der Waals surface area (Å²) < 4.78 is 0. The fourth-order valence-electron chi connectivity index (χ4n) is 2.71. The molecule has 120 valence electrons. The van der Waals surface area contributed by atoms with Crippen molar-refractivity contribution in [3.05, 3.63) is 105 Å². The molecule has 0 spiro atoms. The molecule has 0 aliphatic carbocycles. The van der Waals surface area contributed by atoms with Crippen molar-refractivity contribution in [2.45, 2.75) is 12.8 Å². The molecule has 2 N–H and O–H groups in total. The van der Waals surface area contributed by atoms with Crippen LogP contribution in [0.3, 0.4) is 0 Å². The third kappa shape index (κ3) is 3.60. The van der Waals surface area contributed by atoms with Gasteiger partial charge in [0.05, 0.1) is 0 Å². The number of benzene rings is 2. The first-order valence-electron chi connectivity index (χ1n) is 7.69. The molecule has 0 saturated carbocycles. The fraction of sp³-hybridized carbons (Fsp3) is 0.100. The molecular formula is C20H17NO3. The van der Waals surface area contributed by atoms with Crippen molar-refractivity contribution in [2.75, 3.05) is 0 Å². The average Bonchev–Trinajstić information content (AvgIpc) is 2.57. The molecular weight excluding hydrogens is 302 g/mol. The summed E-state index contributed by atoms with van der Waals surface area (Å²) in [4.78, 5) is 25.4. The van der Waals surface area contributed by atoms with Crippen molar-refractivity contribution in [1.82, 2.24) is 4.98 Å². The lowest BCUT2D eigenvalue weighted by Crippen LogP contribution is -2.18. The van der Waals surface area contributed by atoms with E-state index in [9.17, 15) is 9.59 Å². The van der Waals surface area contributed by atoms with E-state index >= 15 is 0 Å². The van der Waals surface area contributed by atoms with E-state index in [0.717, 1.165) is 12.0 Å². The van der Waals surface area contributed by atoms with Crippen LogP contribution in [0.5, 0.6) is 0 Å². The number of aromatic carboxylic acids is 1. The number of hydrogen-bond donors (Lipinski definition) is 2. The molecule has 0 bridgehead atoms. The van der Waals surface area contributed by atoms with Crippen molar-refractivity contribution >= 4 is 5.97 Å². The molecule has 1 aromatic heterocycles. The van der Waals surface area contributed by atoms with Gasteiger partial charge in [-0.1, -0.05) is 54.6 Å². The SMILES string of the molecule is O=C(O)c1ccc(Cc2ccccc2Cc2ccccc2)[nH]c1=O. The maximum atomic E-state index is 11.8. The van der Waals surface area contributed by atoms with Gasteiger partial charge in [-0.05, 0) is 35.2 Å². The molecule has 0 radical (unpaired) electrons. The second kappa shape index (κ2) is 6.96. The van der Waals surface area contributed by atoms with Crippen molar-refractivity contribution in [3.63, 3.8) is 0 Å². The number of carboxylic acid groups (broad SMARTS) is 1. The quantitative estimate of drug-likeness (QED) is 0.758. The van der Waals surface area contributed by atoms with Gasteiger partial charge in [-0.25, -0.2) is 4.79 Å². The second-order valence-corrected chi connectivity index (χ2v) is 5.64. The molecule has 24 heavy (non-hydrogen) atoms.